The molecule has 1 aromatic carbocycles. The van der Waals surface area contributed by atoms with E-state index in [2.05, 4.69) is 56.6 Å². The maximum absolute atomic E-state index is 4.11. The second kappa shape index (κ2) is 7.07. The summed E-state index contributed by atoms with van der Waals surface area (Å²) in [7, 11) is 1.95. The smallest absolute Gasteiger partial charge is 0.195 e. The standard InChI is InChI=1S/C13H17BrN4S/c1-3-6-15-8-10-7-11(14)4-5-12(10)19-13-17-16-9-18(13)2/h4-5,7,9,15H,3,6,8H2,1-2H3. The number of aromatic nitrogens is 3. The van der Waals surface area contributed by atoms with Crippen LogP contribution in [0.1, 0.15) is 18.9 Å². The predicted octanol–water partition coefficient (Wildman–Crippen LogP) is 3.23. The monoisotopic (exact) mass is 340 g/mol. The minimum atomic E-state index is 0.869. The molecule has 0 aliphatic rings. The van der Waals surface area contributed by atoms with Crippen LogP contribution in [0.3, 0.4) is 0 Å². The zero-order valence-corrected chi connectivity index (χ0v) is 13.5. The van der Waals surface area contributed by atoms with Gasteiger partial charge in [-0.3, -0.25) is 0 Å². The van der Waals surface area contributed by atoms with Gasteiger partial charge >= 0.3 is 0 Å². The van der Waals surface area contributed by atoms with Crippen LogP contribution < -0.4 is 5.32 Å². The molecule has 2 aromatic rings. The fraction of sp³-hybridized carbons (Fsp3) is 0.385. The lowest BCUT2D eigenvalue weighted by Crippen LogP contribution is -2.14. The molecule has 0 saturated carbocycles. The summed E-state index contributed by atoms with van der Waals surface area (Å²) < 4.78 is 3.03. The molecule has 0 aliphatic heterocycles. The van der Waals surface area contributed by atoms with Crippen molar-refractivity contribution in [1.29, 1.82) is 0 Å². The molecule has 0 atom stereocenters. The highest BCUT2D eigenvalue weighted by Gasteiger charge is 2.08. The van der Waals surface area contributed by atoms with Crippen LogP contribution in [0.25, 0.3) is 0 Å². The van der Waals surface area contributed by atoms with Gasteiger partial charge in [0, 0.05) is 23.0 Å². The largest absolute Gasteiger partial charge is 0.313 e. The van der Waals surface area contributed by atoms with E-state index in [1.165, 1.54) is 10.5 Å². The lowest BCUT2D eigenvalue weighted by Gasteiger charge is -2.10. The van der Waals surface area contributed by atoms with Gasteiger partial charge in [0.15, 0.2) is 5.16 Å². The van der Waals surface area contributed by atoms with E-state index in [4.69, 9.17) is 0 Å². The maximum atomic E-state index is 4.11. The molecule has 0 fully saturated rings. The Kier molecular flexibility index (Phi) is 5.42. The second-order valence-electron chi connectivity index (χ2n) is 4.26. The van der Waals surface area contributed by atoms with Crippen LogP contribution in [0.2, 0.25) is 0 Å². The zero-order valence-electron chi connectivity index (χ0n) is 11.1. The van der Waals surface area contributed by atoms with E-state index in [1.807, 2.05) is 11.6 Å². The number of benzene rings is 1. The van der Waals surface area contributed by atoms with Crippen LogP contribution in [0, 0.1) is 0 Å². The third-order valence-electron chi connectivity index (χ3n) is 2.64. The third kappa shape index (κ3) is 4.06. The summed E-state index contributed by atoms with van der Waals surface area (Å²) in [6.45, 7) is 4.07. The average Bonchev–Trinajstić information content (AvgIpc) is 2.78. The molecule has 0 unspecified atom stereocenters. The van der Waals surface area contributed by atoms with E-state index in [1.54, 1.807) is 18.1 Å². The molecule has 0 spiro atoms. The highest BCUT2D eigenvalue weighted by atomic mass is 79.9. The molecule has 1 heterocycles. The van der Waals surface area contributed by atoms with E-state index >= 15 is 0 Å². The molecule has 0 saturated heterocycles. The molecule has 2 rings (SSSR count). The summed E-state index contributed by atoms with van der Waals surface area (Å²) in [6, 6.07) is 6.33. The summed E-state index contributed by atoms with van der Waals surface area (Å²) >= 11 is 5.17. The molecule has 0 radical (unpaired) electrons. The van der Waals surface area contributed by atoms with Gasteiger partial charge in [0.1, 0.15) is 6.33 Å². The highest BCUT2D eigenvalue weighted by molar-refractivity contribution is 9.10. The molecule has 0 bridgehead atoms. The molecule has 102 valence electrons. The number of hydrogen-bond acceptors (Lipinski definition) is 4. The fourth-order valence-corrected chi connectivity index (χ4v) is 2.93. The summed E-state index contributed by atoms with van der Waals surface area (Å²) in [6.07, 6.45) is 2.86. The Balaban J connectivity index is 2.16. The summed E-state index contributed by atoms with van der Waals surface area (Å²) in [5.41, 5.74) is 1.27. The van der Waals surface area contributed by atoms with Crippen molar-refractivity contribution in [3.8, 4) is 0 Å². The van der Waals surface area contributed by atoms with E-state index in [0.717, 1.165) is 29.1 Å². The van der Waals surface area contributed by atoms with Crippen molar-refractivity contribution in [2.75, 3.05) is 6.54 Å². The minimum absolute atomic E-state index is 0.869. The first-order chi connectivity index (χ1) is 9.20. The van der Waals surface area contributed by atoms with E-state index in [0.29, 0.717) is 0 Å². The van der Waals surface area contributed by atoms with Crippen molar-refractivity contribution in [1.82, 2.24) is 20.1 Å². The Hall–Kier alpha value is -0.850. The van der Waals surface area contributed by atoms with E-state index < -0.39 is 0 Å². The normalized spacial score (nSPS) is 10.9. The van der Waals surface area contributed by atoms with Crippen molar-refractivity contribution < 1.29 is 0 Å². The van der Waals surface area contributed by atoms with Gasteiger partial charge < -0.3 is 9.88 Å². The summed E-state index contributed by atoms with van der Waals surface area (Å²) in [4.78, 5) is 1.21. The van der Waals surface area contributed by atoms with Crippen LogP contribution in [0.5, 0.6) is 0 Å². The molecule has 1 aromatic heterocycles. The van der Waals surface area contributed by atoms with Crippen LogP contribution in [-0.4, -0.2) is 21.3 Å². The van der Waals surface area contributed by atoms with E-state index in [9.17, 15) is 0 Å². The number of aryl methyl sites for hydroxylation is 1. The number of hydrogen-bond donors (Lipinski definition) is 1. The number of nitrogens with zero attached hydrogens (tertiary/aromatic N) is 3. The van der Waals surface area contributed by atoms with Gasteiger partial charge in [0.2, 0.25) is 0 Å². The van der Waals surface area contributed by atoms with Crippen LogP contribution in [-0.2, 0) is 13.6 Å². The van der Waals surface area contributed by atoms with Gasteiger partial charge in [-0.2, -0.15) is 0 Å². The first-order valence-electron chi connectivity index (χ1n) is 6.21. The van der Waals surface area contributed by atoms with Crippen molar-refractivity contribution in [2.45, 2.75) is 29.9 Å². The summed E-state index contributed by atoms with van der Waals surface area (Å²) in [5.74, 6) is 0. The Bertz CT molecular complexity index is 541. The Morgan fingerprint density at radius 2 is 2.26 bits per heavy atom. The Morgan fingerprint density at radius 1 is 1.42 bits per heavy atom. The third-order valence-corrected chi connectivity index (χ3v) is 4.30. The van der Waals surface area contributed by atoms with Gasteiger partial charge in [0.25, 0.3) is 0 Å². The van der Waals surface area contributed by atoms with Crippen LogP contribution >= 0.6 is 27.7 Å². The Morgan fingerprint density at radius 3 is 2.95 bits per heavy atom. The lowest BCUT2D eigenvalue weighted by atomic mass is 10.2. The van der Waals surface area contributed by atoms with Crippen LogP contribution in [0.4, 0.5) is 0 Å². The van der Waals surface area contributed by atoms with Gasteiger partial charge in [-0.15, -0.1) is 10.2 Å². The van der Waals surface area contributed by atoms with Crippen molar-refractivity contribution in [3.63, 3.8) is 0 Å². The average molecular weight is 341 g/mol. The molecule has 6 heteroatoms. The molecule has 19 heavy (non-hydrogen) atoms. The minimum Gasteiger partial charge on any atom is -0.313 e. The molecular weight excluding hydrogens is 324 g/mol. The first-order valence-corrected chi connectivity index (χ1v) is 7.82. The van der Waals surface area contributed by atoms with Crippen molar-refractivity contribution >= 4 is 27.7 Å². The fourth-order valence-electron chi connectivity index (χ4n) is 1.65. The van der Waals surface area contributed by atoms with Crippen molar-refractivity contribution in [2.24, 2.45) is 7.05 Å². The van der Waals surface area contributed by atoms with Crippen molar-refractivity contribution in [3.05, 3.63) is 34.6 Å². The number of nitrogens with one attached hydrogen (secondary N) is 1. The molecule has 0 amide bonds. The van der Waals surface area contributed by atoms with Gasteiger partial charge in [-0.05, 0) is 48.5 Å². The molecular formula is C13H17BrN4S. The maximum Gasteiger partial charge on any atom is 0.195 e. The number of halogens is 1. The van der Waals surface area contributed by atoms with Crippen LogP contribution in [0.15, 0.2) is 39.1 Å². The summed E-state index contributed by atoms with van der Waals surface area (Å²) in [5, 5.41) is 12.4. The van der Waals surface area contributed by atoms with E-state index in [-0.39, 0.29) is 0 Å². The first kappa shape index (κ1) is 14.6. The topological polar surface area (TPSA) is 42.7 Å². The predicted molar refractivity (Wildman–Crippen MR) is 81.3 cm³/mol. The van der Waals surface area contributed by atoms with Gasteiger partial charge in [-0.25, -0.2) is 0 Å². The molecule has 4 nitrogen and oxygen atoms in total. The highest BCUT2D eigenvalue weighted by Crippen LogP contribution is 2.30. The van der Waals surface area contributed by atoms with Gasteiger partial charge in [0.05, 0.1) is 0 Å². The lowest BCUT2D eigenvalue weighted by molar-refractivity contribution is 0.669. The second-order valence-corrected chi connectivity index (χ2v) is 6.18. The Labute approximate surface area is 126 Å². The number of rotatable bonds is 6. The SMILES string of the molecule is CCCNCc1cc(Br)ccc1Sc1nncn1C. The zero-order chi connectivity index (χ0) is 13.7. The molecule has 1 N–H and O–H groups in total. The van der Waals surface area contributed by atoms with Gasteiger partial charge in [-0.1, -0.05) is 22.9 Å². The quantitative estimate of drug-likeness (QED) is 0.820. The molecule has 0 aliphatic carbocycles.